The van der Waals surface area contributed by atoms with Gasteiger partial charge < -0.3 is 9.47 Å². The maximum atomic E-state index is 2.52. The molecule has 2 aliphatic rings. The van der Waals surface area contributed by atoms with E-state index in [9.17, 15) is 0 Å². The molecule has 11 rings (SSSR count). The summed E-state index contributed by atoms with van der Waals surface area (Å²) in [5.74, 6) is 0.328. The summed E-state index contributed by atoms with van der Waals surface area (Å²) in [6.07, 6.45) is 5.89. The average molecular weight is 663 g/mol. The van der Waals surface area contributed by atoms with E-state index in [1.54, 1.807) is 0 Å². The van der Waals surface area contributed by atoms with Crippen LogP contribution in [0.25, 0.3) is 65.7 Å². The van der Waals surface area contributed by atoms with E-state index in [2.05, 4.69) is 198 Å². The predicted molar refractivity (Wildman–Crippen MR) is 220 cm³/mol. The van der Waals surface area contributed by atoms with Crippen molar-refractivity contribution >= 4 is 60.3 Å². The third-order valence-corrected chi connectivity index (χ3v) is 11.3. The van der Waals surface area contributed by atoms with Gasteiger partial charge in [0.25, 0.3) is 0 Å². The van der Waals surface area contributed by atoms with Crippen LogP contribution in [-0.2, 0) is 0 Å². The average Bonchev–Trinajstić information content (AvgIpc) is 3.72. The fraction of sp³-hybridized carbons (Fsp3) is 0.0400. The molecular weight excluding hydrogens is 629 g/mol. The molecule has 1 atom stereocenters. The van der Waals surface area contributed by atoms with Crippen LogP contribution in [0.15, 0.2) is 194 Å². The van der Waals surface area contributed by atoms with Gasteiger partial charge in [-0.2, -0.15) is 0 Å². The Bertz CT molecular complexity index is 2940. The molecule has 244 valence electrons. The first-order valence-electron chi connectivity index (χ1n) is 18.2. The van der Waals surface area contributed by atoms with Gasteiger partial charge in [0.2, 0.25) is 0 Å². The van der Waals surface area contributed by atoms with Gasteiger partial charge in [-0.25, -0.2) is 0 Å². The van der Waals surface area contributed by atoms with Crippen molar-refractivity contribution in [3.63, 3.8) is 0 Å². The molecule has 0 spiro atoms. The van der Waals surface area contributed by atoms with Gasteiger partial charge in [-0.1, -0.05) is 140 Å². The lowest BCUT2D eigenvalue weighted by molar-refractivity contribution is 0.823. The van der Waals surface area contributed by atoms with E-state index in [1.807, 2.05) is 0 Å². The van der Waals surface area contributed by atoms with Gasteiger partial charge in [-0.15, -0.1) is 0 Å². The van der Waals surface area contributed by atoms with E-state index in [1.165, 1.54) is 93.9 Å². The Morgan fingerprint density at radius 2 is 1.12 bits per heavy atom. The summed E-state index contributed by atoms with van der Waals surface area (Å²) in [5, 5.41) is 7.62. The summed E-state index contributed by atoms with van der Waals surface area (Å²) in [4.78, 5) is 2.52. The Morgan fingerprint density at radius 1 is 0.462 bits per heavy atom. The van der Waals surface area contributed by atoms with Crippen LogP contribution in [0.2, 0.25) is 0 Å². The van der Waals surface area contributed by atoms with E-state index < -0.39 is 0 Å². The van der Waals surface area contributed by atoms with Crippen LogP contribution in [0.1, 0.15) is 23.5 Å². The van der Waals surface area contributed by atoms with Crippen LogP contribution in [-0.4, -0.2) is 4.57 Å². The molecule has 1 aromatic heterocycles. The summed E-state index contributed by atoms with van der Waals surface area (Å²) in [7, 11) is 0. The van der Waals surface area contributed by atoms with Crippen LogP contribution in [0.5, 0.6) is 0 Å². The molecule has 9 aromatic rings. The zero-order valence-electron chi connectivity index (χ0n) is 28.6. The Kier molecular flexibility index (Phi) is 6.41. The molecule has 1 aliphatic heterocycles. The Hall–Kier alpha value is -6.64. The second-order valence-electron chi connectivity index (χ2n) is 14.0. The minimum Gasteiger partial charge on any atom is -0.313 e. The van der Waals surface area contributed by atoms with Gasteiger partial charge in [0.15, 0.2) is 0 Å². The van der Waals surface area contributed by atoms with E-state index in [-0.39, 0.29) is 0 Å². The van der Waals surface area contributed by atoms with Crippen molar-refractivity contribution in [2.75, 3.05) is 4.90 Å². The van der Waals surface area contributed by atoms with Gasteiger partial charge in [0.1, 0.15) is 0 Å². The Balaban J connectivity index is 1.05. The fourth-order valence-electron chi connectivity index (χ4n) is 8.98. The van der Waals surface area contributed by atoms with Crippen molar-refractivity contribution in [3.05, 3.63) is 205 Å². The lowest BCUT2D eigenvalue weighted by atomic mass is 9.85. The van der Waals surface area contributed by atoms with Crippen LogP contribution in [0, 0.1) is 0 Å². The first-order chi connectivity index (χ1) is 25.8. The zero-order chi connectivity index (χ0) is 34.2. The van der Waals surface area contributed by atoms with E-state index in [0.29, 0.717) is 5.92 Å². The Morgan fingerprint density at radius 3 is 2.02 bits per heavy atom. The minimum atomic E-state index is 0.328. The molecule has 0 amide bonds. The molecule has 52 heavy (non-hydrogen) atoms. The highest BCUT2D eigenvalue weighted by Crippen LogP contribution is 2.53. The number of allylic oxidation sites excluding steroid dienone is 4. The molecule has 8 aromatic carbocycles. The van der Waals surface area contributed by atoms with Gasteiger partial charge in [-0.3, -0.25) is 0 Å². The number of rotatable bonds is 4. The van der Waals surface area contributed by atoms with Crippen molar-refractivity contribution in [2.45, 2.75) is 12.3 Å². The van der Waals surface area contributed by atoms with Crippen molar-refractivity contribution in [2.24, 2.45) is 0 Å². The van der Waals surface area contributed by atoms with E-state index in [0.717, 1.165) is 6.42 Å². The van der Waals surface area contributed by atoms with Gasteiger partial charge in [-0.05, 0) is 98.9 Å². The summed E-state index contributed by atoms with van der Waals surface area (Å²) in [6.45, 7) is 0. The summed E-state index contributed by atoms with van der Waals surface area (Å²) < 4.78 is 2.38. The molecule has 1 aliphatic carbocycles. The molecule has 0 bridgehead atoms. The zero-order valence-corrected chi connectivity index (χ0v) is 28.6. The fourth-order valence-corrected chi connectivity index (χ4v) is 8.98. The topological polar surface area (TPSA) is 8.17 Å². The molecule has 0 N–H and O–H groups in total. The first kappa shape index (κ1) is 29.1. The lowest BCUT2D eigenvalue weighted by Crippen LogP contribution is -2.16. The third kappa shape index (κ3) is 4.31. The normalized spacial score (nSPS) is 15.2. The number of fused-ring (bicyclic) bond motifs is 8. The molecule has 2 nitrogen and oxygen atoms in total. The first-order valence-corrected chi connectivity index (χ1v) is 18.2. The second kappa shape index (κ2) is 11.4. The van der Waals surface area contributed by atoms with Crippen LogP contribution in [0.3, 0.4) is 0 Å². The highest BCUT2D eigenvalue weighted by atomic mass is 15.2. The van der Waals surface area contributed by atoms with Crippen LogP contribution < -0.4 is 4.90 Å². The van der Waals surface area contributed by atoms with Crippen molar-refractivity contribution in [1.29, 1.82) is 0 Å². The van der Waals surface area contributed by atoms with Crippen molar-refractivity contribution < 1.29 is 0 Å². The number of para-hydroxylation sites is 3. The highest BCUT2D eigenvalue weighted by molar-refractivity contribution is 6.12. The molecule has 2 heterocycles. The summed E-state index contributed by atoms with van der Waals surface area (Å²) in [6, 6.07) is 64.5. The Labute approximate surface area is 302 Å². The molecule has 0 radical (unpaired) electrons. The van der Waals surface area contributed by atoms with Gasteiger partial charge in [0.05, 0.1) is 16.7 Å². The maximum absolute atomic E-state index is 2.52. The molecule has 2 heteroatoms. The predicted octanol–water partition coefficient (Wildman–Crippen LogP) is 13.4. The SMILES string of the molecule is C1=C(c2cccc3c(-c4ccc5c(c4)c4ccccc4n5-c4ccccc4)cccc23)C=C2C(C1)c1ccccc1N2c1cccc2ccccc12. The largest absolute Gasteiger partial charge is 0.313 e. The maximum Gasteiger partial charge on any atom is 0.0541 e. The molecule has 0 saturated heterocycles. The van der Waals surface area contributed by atoms with Crippen molar-refractivity contribution in [1.82, 2.24) is 4.57 Å². The van der Waals surface area contributed by atoms with Gasteiger partial charge >= 0.3 is 0 Å². The smallest absolute Gasteiger partial charge is 0.0541 e. The van der Waals surface area contributed by atoms with Crippen molar-refractivity contribution in [3.8, 4) is 16.8 Å². The lowest BCUT2D eigenvalue weighted by Gasteiger charge is -2.27. The monoisotopic (exact) mass is 662 g/mol. The number of hydrogen-bond acceptors (Lipinski definition) is 1. The summed E-state index contributed by atoms with van der Waals surface area (Å²) in [5.41, 5.74) is 14.0. The number of nitrogens with zero attached hydrogens (tertiary/aromatic N) is 2. The van der Waals surface area contributed by atoms with E-state index in [4.69, 9.17) is 0 Å². The number of hydrogen-bond donors (Lipinski definition) is 0. The molecule has 1 unspecified atom stereocenters. The third-order valence-electron chi connectivity index (χ3n) is 11.3. The van der Waals surface area contributed by atoms with E-state index >= 15 is 0 Å². The van der Waals surface area contributed by atoms with Gasteiger partial charge in [0, 0.05) is 39.1 Å². The highest BCUT2D eigenvalue weighted by Gasteiger charge is 2.36. The molecule has 0 saturated carbocycles. The minimum absolute atomic E-state index is 0.328. The number of benzene rings is 8. The van der Waals surface area contributed by atoms with Crippen LogP contribution in [0.4, 0.5) is 11.4 Å². The molecule has 0 fully saturated rings. The summed E-state index contributed by atoms with van der Waals surface area (Å²) >= 11 is 0. The standard InChI is InChI=1S/C50H34N2/c1-2-15-36(16-3-1)51-47-24-8-7-19-43(47)45-31-34(28-30-49(45)51)37-20-11-23-41-38(21-12-22-40(37)41)35-27-29-44-42-18-6-9-25-48(42)52(50(44)32-35)46-26-10-14-33-13-4-5-17-39(33)46/h1-28,30-32,44H,29H2. The quantitative estimate of drug-likeness (QED) is 0.182. The van der Waals surface area contributed by atoms with Crippen LogP contribution >= 0.6 is 0 Å². The molecular formula is C50H34N2. The number of aromatic nitrogens is 1. The number of anilines is 2. The second-order valence-corrected chi connectivity index (χ2v) is 14.0.